The van der Waals surface area contributed by atoms with Gasteiger partial charge in [0.2, 0.25) is 0 Å². The van der Waals surface area contributed by atoms with Gasteiger partial charge in [0.05, 0.1) is 0 Å². The second-order valence-electron chi connectivity index (χ2n) is 3.22. The Morgan fingerprint density at radius 1 is 1.07 bits per heavy atom. The van der Waals surface area contributed by atoms with Gasteiger partial charge in [0.25, 0.3) is 0 Å². The number of unbranched alkanes of at least 4 members (excludes halogenated alkanes) is 3. The van der Waals surface area contributed by atoms with Crippen molar-refractivity contribution in [2.75, 3.05) is 13.2 Å². The fourth-order valence-electron chi connectivity index (χ4n) is 1.10. The molecule has 0 aromatic rings. The van der Waals surface area contributed by atoms with Crippen LogP contribution in [0.5, 0.6) is 0 Å². The van der Waals surface area contributed by atoms with E-state index in [1.807, 2.05) is 0 Å². The van der Waals surface area contributed by atoms with Crippen molar-refractivity contribution in [2.24, 2.45) is 0 Å². The van der Waals surface area contributed by atoms with Gasteiger partial charge in [0, 0.05) is 13.2 Å². The van der Waals surface area contributed by atoms with Crippen LogP contribution in [0.4, 0.5) is 0 Å². The molecule has 0 aliphatic rings. The van der Waals surface area contributed by atoms with Gasteiger partial charge in [-0.15, -0.1) is 6.08 Å². The van der Waals surface area contributed by atoms with Crippen molar-refractivity contribution in [1.29, 1.82) is 0 Å². The second-order valence-corrected chi connectivity index (χ2v) is 3.22. The van der Waals surface area contributed by atoms with Gasteiger partial charge in [-0.05, 0) is 19.3 Å². The van der Waals surface area contributed by atoms with E-state index >= 15 is 0 Å². The molecule has 78 valence electrons. The molecule has 0 saturated heterocycles. The fraction of sp³-hybridized carbons (Fsp3) is 0.750. The molecule has 0 rings (SSSR count). The van der Waals surface area contributed by atoms with Crippen LogP contribution in [0.3, 0.4) is 0 Å². The Hall–Kier alpha value is 0.297. The number of hydrogen-bond acceptors (Lipinski definition) is 1. The first-order valence-corrected chi connectivity index (χ1v) is 5.43. The molecule has 14 heavy (non-hydrogen) atoms. The number of rotatable bonds is 9. The van der Waals surface area contributed by atoms with Gasteiger partial charge in [-0.25, -0.2) is 0 Å². The van der Waals surface area contributed by atoms with Gasteiger partial charge in [0.15, 0.2) is 0 Å². The van der Waals surface area contributed by atoms with Crippen LogP contribution < -0.4 is 18.9 Å². The molecule has 1 nitrogen and oxygen atoms in total. The van der Waals surface area contributed by atoms with Crippen LogP contribution in [0.25, 0.3) is 0 Å². The third-order valence-electron chi connectivity index (χ3n) is 1.89. The van der Waals surface area contributed by atoms with Crippen molar-refractivity contribution >= 4 is 0 Å². The summed E-state index contributed by atoms with van der Waals surface area (Å²) in [7, 11) is 0. The zero-order chi connectivity index (χ0) is 9.78. The van der Waals surface area contributed by atoms with Crippen LogP contribution >= 0.6 is 0 Å². The van der Waals surface area contributed by atoms with Crippen LogP contribution in [-0.2, 0) is 4.74 Å². The molecule has 0 atom stereocenters. The molecule has 0 aromatic heterocycles. The first kappa shape index (κ1) is 16.7. The Morgan fingerprint density at radius 3 is 2.43 bits per heavy atom. The van der Waals surface area contributed by atoms with E-state index in [1.54, 1.807) is 0 Å². The number of allylic oxidation sites excluding steroid dienone is 2. The second kappa shape index (κ2) is 15.8. The smallest absolute Gasteiger partial charge is 0.381 e. The maximum Gasteiger partial charge on any atom is 1.00 e. The van der Waals surface area contributed by atoms with Crippen molar-refractivity contribution in [3.63, 3.8) is 0 Å². The quantitative estimate of drug-likeness (QED) is 0.226. The molecular weight excluding hydrogens is 167 g/mol. The topological polar surface area (TPSA) is 9.23 Å². The molecule has 0 heterocycles. The summed E-state index contributed by atoms with van der Waals surface area (Å²) in [5.74, 6) is 0. The van der Waals surface area contributed by atoms with Gasteiger partial charge in [0.1, 0.15) is 0 Å². The van der Waals surface area contributed by atoms with Crippen molar-refractivity contribution < 1.29 is 23.6 Å². The van der Waals surface area contributed by atoms with Crippen molar-refractivity contribution in [3.05, 3.63) is 19.1 Å². The van der Waals surface area contributed by atoms with Crippen LogP contribution in [0.1, 0.15) is 45.4 Å². The Morgan fingerprint density at radius 2 is 1.79 bits per heavy atom. The maximum absolute atomic E-state index is 5.47. The van der Waals surface area contributed by atoms with Gasteiger partial charge < -0.3 is 11.7 Å². The van der Waals surface area contributed by atoms with Crippen LogP contribution in [0.2, 0.25) is 0 Å². The molecule has 0 amide bonds. The molecule has 0 aliphatic heterocycles. The van der Waals surface area contributed by atoms with E-state index in [2.05, 4.69) is 26.0 Å². The van der Waals surface area contributed by atoms with Gasteiger partial charge in [-0.3, -0.25) is 0 Å². The summed E-state index contributed by atoms with van der Waals surface area (Å²) in [6.45, 7) is 7.79. The van der Waals surface area contributed by atoms with E-state index in [-0.39, 0.29) is 18.9 Å². The van der Waals surface area contributed by atoms with Gasteiger partial charge >= 0.3 is 18.9 Å². The first-order valence-electron chi connectivity index (χ1n) is 5.43. The summed E-state index contributed by atoms with van der Waals surface area (Å²) in [6, 6.07) is 0. The zero-order valence-corrected chi connectivity index (χ0v) is 9.93. The van der Waals surface area contributed by atoms with E-state index in [1.165, 1.54) is 19.3 Å². The summed E-state index contributed by atoms with van der Waals surface area (Å²) >= 11 is 0. The van der Waals surface area contributed by atoms with E-state index in [0.29, 0.717) is 0 Å². The normalized spacial score (nSPS) is 10.4. The Balaban J connectivity index is 0. The van der Waals surface area contributed by atoms with E-state index < -0.39 is 0 Å². The first-order chi connectivity index (χ1) is 6.41. The fourth-order valence-corrected chi connectivity index (χ4v) is 1.10. The average Bonchev–Trinajstić information content (AvgIpc) is 2.16. The van der Waals surface area contributed by atoms with E-state index in [0.717, 1.165) is 32.5 Å². The predicted molar refractivity (Wildman–Crippen MR) is 58.7 cm³/mol. The largest absolute Gasteiger partial charge is 1.00 e. The molecule has 0 fully saturated rings. The molecule has 2 heteroatoms. The predicted octanol–water partition coefficient (Wildman–Crippen LogP) is 0.758. The molecule has 0 saturated carbocycles. The third-order valence-corrected chi connectivity index (χ3v) is 1.89. The SMILES string of the molecule is [CH2-]C/C=C\CCCOCCCCC.[Li+]. The molecule has 0 aliphatic carbocycles. The van der Waals surface area contributed by atoms with Gasteiger partial charge in [-0.2, -0.15) is 6.42 Å². The monoisotopic (exact) mass is 190 g/mol. The molecule has 0 N–H and O–H groups in total. The maximum atomic E-state index is 5.47. The minimum absolute atomic E-state index is 0. The van der Waals surface area contributed by atoms with Crippen LogP contribution in [0, 0.1) is 6.92 Å². The van der Waals surface area contributed by atoms with Crippen molar-refractivity contribution in [1.82, 2.24) is 0 Å². The molecule has 0 spiro atoms. The standard InChI is InChI=1S/C12H23O.Li/c1-3-5-7-8-10-12-13-11-9-6-4-2;/h5,7H,1,3-4,6,8-12H2,2H3;/q-1;+1/b7-5-;. The zero-order valence-electron chi connectivity index (χ0n) is 9.93. The molecule has 0 radical (unpaired) electrons. The van der Waals surface area contributed by atoms with Crippen molar-refractivity contribution in [3.8, 4) is 0 Å². The van der Waals surface area contributed by atoms with Crippen LogP contribution in [-0.4, -0.2) is 13.2 Å². The van der Waals surface area contributed by atoms with Crippen molar-refractivity contribution in [2.45, 2.75) is 45.4 Å². The molecule has 0 aromatic carbocycles. The third kappa shape index (κ3) is 14.8. The number of ether oxygens (including phenoxy) is 1. The molecule has 0 bridgehead atoms. The molecular formula is C12H23LiO. The number of hydrogen-bond donors (Lipinski definition) is 0. The van der Waals surface area contributed by atoms with Gasteiger partial charge in [-0.1, -0.05) is 25.8 Å². The summed E-state index contributed by atoms with van der Waals surface area (Å²) < 4.78 is 5.47. The summed E-state index contributed by atoms with van der Waals surface area (Å²) in [5.41, 5.74) is 0. The Kier molecular flexibility index (Phi) is 18.8. The Bertz CT molecular complexity index is 113. The summed E-state index contributed by atoms with van der Waals surface area (Å²) in [6.07, 6.45) is 11.2. The van der Waals surface area contributed by atoms with E-state index in [4.69, 9.17) is 4.74 Å². The minimum Gasteiger partial charge on any atom is -0.381 e. The summed E-state index contributed by atoms with van der Waals surface area (Å²) in [4.78, 5) is 0. The average molecular weight is 190 g/mol. The molecule has 0 unspecified atom stereocenters. The Labute approximate surface area is 101 Å². The van der Waals surface area contributed by atoms with E-state index in [9.17, 15) is 0 Å². The minimum atomic E-state index is 0. The van der Waals surface area contributed by atoms with Crippen LogP contribution in [0.15, 0.2) is 12.2 Å². The summed E-state index contributed by atoms with van der Waals surface area (Å²) in [5, 5.41) is 0.